The Balaban J connectivity index is 1.73. The van der Waals surface area contributed by atoms with Crippen molar-refractivity contribution in [2.75, 3.05) is 12.4 Å². The first-order valence-electron chi connectivity index (χ1n) is 6.79. The normalized spacial score (nSPS) is 17.4. The summed E-state index contributed by atoms with van der Waals surface area (Å²) in [6.07, 6.45) is 4.89. The Morgan fingerprint density at radius 1 is 1.40 bits per heavy atom. The van der Waals surface area contributed by atoms with Gasteiger partial charge in [0, 0.05) is 18.1 Å². The molecule has 20 heavy (non-hydrogen) atoms. The third kappa shape index (κ3) is 2.54. The monoisotopic (exact) mass is 287 g/mol. The maximum atomic E-state index is 12.3. The molecule has 0 saturated carbocycles. The number of nitrogens with one attached hydrogen (secondary N) is 2. The number of aryl methyl sites for hydroxylation is 1. The van der Waals surface area contributed by atoms with Crippen LogP contribution in [-0.4, -0.2) is 17.9 Å². The molecule has 2 aromatic heterocycles. The molecule has 0 bridgehead atoms. The Morgan fingerprint density at radius 3 is 3.05 bits per heavy atom. The van der Waals surface area contributed by atoms with Gasteiger partial charge in [0.05, 0.1) is 11.6 Å². The van der Waals surface area contributed by atoms with Crippen LogP contribution in [0.25, 0.3) is 0 Å². The van der Waals surface area contributed by atoms with Gasteiger partial charge in [-0.05, 0) is 48.4 Å². The number of pyridine rings is 1. The molecule has 104 valence electrons. The maximum absolute atomic E-state index is 12.3. The average molecular weight is 287 g/mol. The Kier molecular flexibility index (Phi) is 3.69. The molecule has 2 heterocycles. The lowest BCUT2D eigenvalue weighted by molar-refractivity contribution is 0.0932. The van der Waals surface area contributed by atoms with E-state index in [9.17, 15) is 4.79 Å². The standard InChI is InChI=1S/C15H17N3OS/c1-16-14-6-5-10(9-17-14)15(19)18-12-3-2-4-13-11(12)7-8-20-13/h5-9,12H,2-4H2,1H3,(H,16,17)(H,18,19). The second kappa shape index (κ2) is 5.63. The first-order valence-corrected chi connectivity index (χ1v) is 7.67. The van der Waals surface area contributed by atoms with Crippen LogP contribution in [0.3, 0.4) is 0 Å². The number of nitrogens with zero attached hydrogens (tertiary/aromatic N) is 1. The summed E-state index contributed by atoms with van der Waals surface area (Å²) in [5, 5.41) is 8.17. The fourth-order valence-corrected chi connectivity index (χ4v) is 3.54. The van der Waals surface area contributed by atoms with Gasteiger partial charge in [-0.2, -0.15) is 0 Å². The van der Waals surface area contributed by atoms with Crippen LogP contribution in [0.4, 0.5) is 5.82 Å². The van der Waals surface area contributed by atoms with Crippen molar-refractivity contribution < 1.29 is 4.79 Å². The van der Waals surface area contributed by atoms with Crippen LogP contribution < -0.4 is 10.6 Å². The quantitative estimate of drug-likeness (QED) is 0.912. The van der Waals surface area contributed by atoms with E-state index in [1.165, 1.54) is 10.4 Å². The van der Waals surface area contributed by atoms with Crippen LogP contribution >= 0.6 is 11.3 Å². The van der Waals surface area contributed by atoms with Crippen LogP contribution in [0.5, 0.6) is 0 Å². The topological polar surface area (TPSA) is 54.0 Å². The van der Waals surface area contributed by atoms with E-state index in [2.05, 4.69) is 27.1 Å². The highest BCUT2D eigenvalue weighted by atomic mass is 32.1. The van der Waals surface area contributed by atoms with Gasteiger partial charge in [-0.15, -0.1) is 11.3 Å². The number of aromatic nitrogens is 1. The van der Waals surface area contributed by atoms with Crippen molar-refractivity contribution in [3.63, 3.8) is 0 Å². The van der Waals surface area contributed by atoms with Gasteiger partial charge >= 0.3 is 0 Å². The van der Waals surface area contributed by atoms with Crippen LogP contribution in [0.1, 0.15) is 39.7 Å². The smallest absolute Gasteiger partial charge is 0.253 e. The predicted molar refractivity (Wildman–Crippen MR) is 81.2 cm³/mol. The predicted octanol–water partition coefficient (Wildman–Crippen LogP) is 2.99. The average Bonchev–Trinajstić information content (AvgIpc) is 2.97. The molecule has 1 unspecified atom stereocenters. The fraction of sp³-hybridized carbons (Fsp3) is 0.333. The van der Waals surface area contributed by atoms with E-state index in [0.717, 1.165) is 25.1 Å². The van der Waals surface area contributed by atoms with Gasteiger partial charge in [-0.1, -0.05) is 0 Å². The summed E-state index contributed by atoms with van der Waals surface area (Å²) in [4.78, 5) is 17.9. The van der Waals surface area contributed by atoms with Gasteiger partial charge in [0.2, 0.25) is 0 Å². The zero-order valence-electron chi connectivity index (χ0n) is 11.3. The zero-order chi connectivity index (χ0) is 13.9. The molecular weight excluding hydrogens is 270 g/mol. The van der Waals surface area contributed by atoms with Crippen LogP contribution in [0.15, 0.2) is 29.8 Å². The van der Waals surface area contributed by atoms with E-state index in [0.29, 0.717) is 5.56 Å². The molecule has 1 aliphatic carbocycles. The molecule has 3 rings (SSSR count). The van der Waals surface area contributed by atoms with E-state index in [1.807, 2.05) is 13.1 Å². The molecular formula is C15H17N3OS. The van der Waals surface area contributed by atoms with Crippen molar-refractivity contribution in [2.24, 2.45) is 0 Å². The lowest BCUT2D eigenvalue weighted by Crippen LogP contribution is -2.30. The van der Waals surface area contributed by atoms with Crippen LogP contribution in [0, 0.1) is 0 Å². The molecule has 1 atom stereocenters. The zero-order valence-corrected chi connectivity index (χ0v) is 12.2. The third-order valence-electron chi connectivity index (χ3n) is 3.64. The number of hydrogen-bond donors (Lipinski definition) is 2. The molecule has 0 spiro atoms. The Bertz CT molecular complexity index is 606. The summed E-state index contributed by atoms with van der Waals surface area (Å²) in [6.45, 7) is 0. The van der Waals surface area contributed by atoms with E-state index in [1.54, 1.807) is 23.6 Å². The molecule has 5 heteroatoms. The number of carbonyl (C=O) groups is 1. The highest BCUT2D eigenvalue weighted by molar-refractivity contribution is 7.10. The molecule has 1 amide bonds. The molecule has 0 aliphatic heterocycles. The van der Waals surface area contributed by atoms with Crippen molar-refractivity contribution >= 4 is 23.1 Å². The van der Waals surface area contributed by atoms with Crippen molar-refractivity contribution in [3.05, 3.63) is 45.8 Å². The second-order valence-electron chi connectivity index (χ2n) is 4.90. The summed E-state index contributed by atoms with van der Waals surface area (Å²) in [7, 11) is 1.81. The Morgan fingerprint density at radius 2 is 2.30 bits per heavy atom. The largest absolute Gasteiger partial charge is 0.373 e. The van der Waals surface area contributed by atoms with Crippen LogP contribution in [0.2, 0.25) is 0 Å². The number of amides is 1. The summed E-state index contributed by atoms with van der Waals surface area (Å²) >= 11 is 1.79. The molecule has 0 radical (unpaired) electrons. The lowest BCUT2D eigenvalue weighted by atomic mass is 9.94. The van der Waals surface area contributed by atoms with Gasteiger partial charge in [0.15, 0.2) is 0 Å². The molecule has 2 N–H and O–H groups in total. The van der Waals surface area contributed by atoms with Gasteiger partial charge in [-0.3, -0.25) is 4.79 Å². The molecule has 1 aliphatic rings. The van der Waals surface area contributed by atoms with Gasteiger partial charge in [0.1, 0.15) is 5.82 Å². The van der Waals surface area contributed by atoms with Crippen LogP contribution in [-0.2, 0) is 6.42 Å². The third-order valence-corrected chi connectivity index (χ3v) is 4.64. The molecule has 0 saturated heterocycles. The van der Waals surface area contributed by atoms with E-state index in [4.69, 9.17) is 0 Å². The van der Waals surface area contributed by atoms with Gasteiger partial charge in [-0.25, -0.2) is 4.98 Å². The molecule has 4 nitrogen and oxygen atoms in total. The van der Waals surface area contributed by atoms with Crippen molar-refractivity contribution in [1.29, 1.82) is 0 Å². The molecule has 2 aromatic rings. The highest BCUT2D eigenvalue weighted by Crippen LogP contribution is 2.33. The number of carbonyl (C=O) groups excluding carboxylic acids is 1. The van der Waals surface area contributed by atoms with Crippen molar-refractivity contribution in [3.8, 4) is 0 Å². The summed E-state index contributed by atoms with van der Waals surface area (Å²) < 4.78 is 0. The number of fused-ring (bicyclic) bond motifs is 1. The minimum Gasteiger partial charge on any atom is -0.373 e. The fourth-order valence-electron chi connectivity index (χ4n) is 2.55. The first-order chi connectivity index (χ1) is 9.78. The Labute approximate surface area is 122 Å². The summed E-state index contributed by atoms with van der Waals surface area (Å²) in [6, 6.07) is 5.88. The van der Waals surface area contributed by atoms with Crippen molar-refractivity contribution in [2.45, 2.75) is 25.3 Å². The van der Waals surface area contributed by atoms with Gasteiger partial charge < -0.3 is 10.6 Å². The molecule has 0 aromatic carbocycles. The number of thiophene rings is 1. The highest BCUT2D eigenvalue weighted by Gasteiger charge is 2.23. The Hall–Kier alpha value is -1.88. The van der Waals surface area contributed by atoms with Crippen molar-refractivity contribution in [1.82, 2.24) is 10.3 Å². The SMILES string of the molecule is CNc1ccc(C(=O)NC2CCCc3sccc32)cn1. The second-order valence-corrected chi connectivity index (χ2v) is 5.90. The maximum Gasteiger partial charge on any atom is 0.253 e. The molecule has 0 fully saturated rings. The minimum atomic E-state index is -0.0517. The van der Waals surface area contributed by atoms with E-state index < -0.39 is 0 Å². The number of anilines is 1. The number of hydrogen-bond acceptors (Lipinski definition) is 4. The minimum absolute atomic E-state index is 0.0517. The summed E-state index contributed by atoms with van der Waals surface area (Å²) in [5.41, 5.74) is 1.89. The van der Waals surface area contributed by atoms with E-state index >= 15 is 0 Å². The summed E-state index contributed by atoms with van der Waals surface area (Å²) in [5.74, 6) is 0.712. The lowest BCUT2D eigenvalue weighted by Gasteiger charge is -2.23. The van der Waals surface area contributed by atoms with E-state index in [-0.39, 0.29) is 11.9 Å². The first kappa shape index (κ1) is 13.1. The van der Waals surface area contributed by atoms with Gasteiger partial charge in [0.25, 0.3) is 5.91 Å². The number of rotatable bonds is 3.